The van der Waals surface area contributed by atoms with Crippen molar-refractivity contribution < 1.29 is 5.11 Å². The van der Waals surface area contributed by atoms with E-state index in [1.54, 1.807) is 5.57 Å². The second-order valence-electron chi connectivity index (χ2n) is 5.70. The highest BCUT2D eigenvalue weighted by Gasteiger charge is 2.42. The molecule has 1 fully saturated rings. The van der Waals surface area contributed by atoms with E-state index in [2.05, 4.69) is 19.9 Å². The van der Waals surface area contributed by atoms with Crippen LogP contribution in [0.1, 0.15) is 52.4 Å². The summed E-state index contributed by atoms with van der Waals surface area (Å²) in [5.74, 6) is 1.18. The molecular weight excluding hydrogens is 184 g/mol. The van der Waals surface area contributed by atoms with Gasteiger partial charge in [0.25, 0.3) is 0 Å². The lowest BCUT2D eigenvalue weighted by Crippen LogP contribution is -2.39. The summed E-state index contributed by atoms with van der Waals surface area (Å²) in [5, 5.41) is 9.37. The van der Waals surface area contributed by atoms with Crippen LogP contribution < -0.4 is 0 Å². The van der Waals surface area contributed by atoms with Crippen LogP contribution in [0.2, 0.25) is 0 Å². The van der Waals surface area contributed by atoms with Gasteiger partial charge >= 0.3 is 0 Å². The molecule has 15 heavy (non-hydrogen) atoms. The molecule has 0 aliphatic heterocycles. The Bertz CT molecular complexity index is 256. The van der Waals surface area contributed by atoms with Crippen molar-refractivity contribution in [1.29, 1.82) is 0 Å². The Labute approximate surface area is 93.6 Å². The van der Waals surface area contributed by atoms with E-state index in [0.29, 0.717) is 23.9 Å². The van der Waals surface area contributed by atoms with Crippen molar-refractivity contribution in [3.05, 3.63) is 11.6 Å². The van der Waals surface area contributed by atoms with Gasteiger partial charge in [-0.15, -0.1) is 0 Å². The second-order valence-corrected chi connectivity index (χ2v) is 5.70. The molecule has 2 aliphatic carbocycles. The summed E-state index contributed by atoms with van der Waals surface area (Å²) in [6.07, 6.45) is 10.4. The van der Waals surface area contributed by atoms with Crippen molar-refractivity contribution in [2.24, 2.45) is 17.3 Å². The minimum absolute atomic E-state index is 0.355. The summed E-state index contributed by atoms with van der Waals surface area (Å²) >= 11 is 0. The minimum atomic E-state index is 0.355. The normalized spacial score (nSPS) is 38.1. The van der Waals surface area contributed by atoms with Crippen LogP contribution in [0.3, 0.4) is 0 Å². The molecule has 0 aromatic heterocycles. The standard InChI is InChI=1S/C14H24O/c1-11(10-15)13-8-5-7-12-6-3-4-9-14(12,13)2/h6,11,13,15H,3-5,7-10H2,1-2H3/t11-,13+,14-/m0/s1. The van der Waals surface area contributed by atoms with Crippen molar-refractivity contribution in [2.75, 3.05) is 6.61 Å². The van der Waals surface area contributed by atoms with Crippen molar-refractivity contribution in [2.45, 2.75) is 52.4 Å². The topological polar surface area (TPSA) is 20.2 Å². The van der Waals surface area contributed by atoms with Crippen LogP contribution in [-0.4, -0.2) is 11.7 Å². The number of rotatable bonds is 2. The number of allylic oxidation sites excluding steroid dienone is 2. The maximum absolute atomic E-state index is 9.37. The van der Waals surface area contributed by atoms with Gasteiger partial charge in [-0.1, -0.05) is 25.5 Å². The monoisotopic (exact) mass is 208 g/mol. The van der Waals surface area contributed by atoms with E-state index < -0.39 is 0 Å². The Morgan fingerprint density at radius 3 is 3.07 bits per heavy atom. The lowest BCUT2D eigenvalue weighted by molar-refractivity contribution is 0.0698. The third kappa shape index (κ3) is 1.87. The fourth-order valence-corrected chi connectivity index (χ4v) is 3.82. The summed E-state index contributed by atoms with van der Waals surface area (Å²) in [5.41, 5.74) is 2.11. The van der Waals surface area contributed by atoms with Gasteiger partial charge in [0, 0.05) is 6.61 Å². The first-order chi connectivity index (χ1) is 7.18. The van der Waals surface area contributed by atoms with E-state index >= 15 is 0 Å². The van der Waals surface area contributed by atoms with Gasteiger partial charge in [-0.25, -0.2) is 0 Å². The summed E-state index contributed by atoms with van der Waals surface area (Å²) in [4.78, 5) is 0. The van der Waals surface area contributed by atoms with Gasteiger partial charge in [-0.05, 0) is 55.8 Å². The van der Waals surface area contributed by atoms with E-state index in [1.165, 1.54) is 38.5 Å². The molecule has 2 rings (SSSR count). The van der Waals surface area contributed by atoms with Crippen molar-refractivity contribution >= 4 is 0 Å². The van der Waals surface area contributed by atoms with Crippen LogP contribution in [-0.2, 0) is 0 Å². The molecule has 0 unspecified atom stereocenters. The molecule has 1 N–H and O–H groups in total. The van der Waals surface area contributed by atoms with Crippen LogP contribution in [0.25, 0.3) is 0 Å². The third-order valence-electron chi connectivity index (χ3n) is 4.78. The molecule has 3 atom stereocenters. The molecule has 1 saturated carbocycles. The van der Waals surface area contributed by atoms with Crippen LogP contribution in [0.4, 0.5) is 0 Å². The maximum Gasteiger partial charge on any atom is 0.0459 e. The summed E-state index contributed by atoms with van der Waals surface area (Å²) in [6.45, 7) is 5.01. The number of fused-ring (bicyclic) bond motifs is 1. The number of aliphatic hydroxyl groups is 1. The number of aliphatic hydroxyl groups excluding tert-OH is 1. The average Bonchev–Trinajstić information content (AvgIpc) is 2.26. The fourth-order valence-electron chi connectivity index (χ4n) is 3.82. The smallest absolute Gasteiger partial charge is 0.0459 e. The highest BCUT2D eigenvalue weighted by Crippen LogP contribution is 2.53. The Hall–Kier alpha value is -0.300. The van der Waals surface area contributed by atoms with Crippen LogP contribution in [0.15, 0.2) is 11.6 Å². The fraction of sp³-hybridized carbons (Fsp3) is 0.857. The Morgan fingerprint density at radius 1 is 1.53 bits per heavy atom. The van der Waals surface area contributed by atoms with Crippen LogP contribution >= 0.6 is 0 Å². The van der Waals surface area contributed by atoms with E-state index in [9.17, 15) is 5.11 Å². The summed E-state index contributed by atoms with van der Waals surface area (Å²) < 4.78 is 0. The van der Waals surface area contributed by atoms with Crippen LogP contribution in [0, 0.1) is 17.3 Å². The zero-order valence-corrected chi connectivity index (χ0v) is 10.1. The van der Waals surface area contributed by atoms with Gasteiger partial charge < -0.3 is 5.11 Å². The molecule has 1 nitrogen and oxygen atoms in total. The lowest BCUT2D eigenvalue weighted by atomic mass is 9.57. The molecule has 0 saturated heterocycles. The zero-order chi connectivity index (χ0) is 10.9. The highest BCUT2D eigenvalue weighted by molar-refractivity contribution is 5.20. The maximum atomic E-state index is 9.37. The first kappa shape index (κ1) is 11.2. The van der Waals surface area contributed by atoms with Gasteiger partial charge in [0.2, 0.25) is 0 Å². The van der Waals surface area contributed by atoms with Crippen molar-refractivity contribution in [1.82, 2.24) is 0 Å². The van der Waals surface area contributed by atoms with E-state index in [4.69, 9.17) is 0 Å². The SMILES string of the molecule is C[C@@H](CO)[C@H]1CCCC2=CCCC[C@@]21C. The molecule has 0 radical (unpaired) electrons. The van der Waals surface area contributed by atoms with Gasteiger partial charge in [0.15, 0.2) is 0 Å². The molecule has 0 aromatic rings. The van der Waals surface area contributed by atoms with Crippen LogP contribution in [0.5, 0.6) is 0 Å². The van der Waals surface area contributed by atoms with E-state index in [1.807, 2.05) is 0 Å². The van der Waals surface area contributed by atoms with Crippen molar-refractivity contribution in [3.8, 4) is 0 Å². The summed E-state index contributed by atoms with van der Waals surface area (Å²) in [6, 6.07) is 0. The molecule has 0 aromatic carbocycles. The van der Waals surface area contributed by atoms with Crippen molar-refractivity contribution in [3.63, 3.8) is 0 Å². The highest BCUT2D eigenvalue weighted by atomic mass is 16.3. The van der Waals surface area contributed by atoms with Gasteiger partial charge in [-0.3, -0.25) is 0 Å². The zero-order valence-electron chi connectivity index (χ0n) is 10.1. The molecule has 1 heteroatoms. The first-order valence-corrected chi connectivity index (χ1v) is 6.49. The van der Waals surface area contributed by atoms with Gasteiger partial charge in [0.1, 0.15) is 0 Å². The predicted octanol–water partition coefficient (Wildman–Crippen LogP) is 3.53. The molecule has 2 aliphatic rings. The number of hydrogen-bond acceptors (Lipinski definition) is 1. The molecule has 0 spiro atoms. The quantitative estimate of drug-likeness (QED) is 0.688. The molecular formula is C14H24O. The molecule has 86 valence electrons. The Morgan fingerprint density at radius 2 is 2.33 bits per heavy atom. The molecule has 0 heterocycles. The first-order valence-electron chi connectivity index (χ1n) is 6.49. The van der Waals surface area contributed by atoms with Gasteiger partial charge in [-0.2, -0.15) is 0 Å². The minimum Gasteiger partial charge on any atom is -0.396 e. The molecule has 0 amide bonds. The Balaban J connectivity index is 2.24. The summed E-state index contributed by atoms with van der Waals surface area (Å²) in [7, 11) is 0. The van der Waals surface area contributed by atoms with E-state index in [-0.39, 0.29) is 0 Å². The Kier molecular flexibility index (Phi) is 3.20. The largest absolute Gasteiger partial charge is 0.396 e. The predicted molar refractivity (Wildman–Crippen MR) is 63.6 cm³/mol. The molecule has 0 bridgehead atoms. The van der Waals surface area contributed by atoms with Gasteiger partial charge in [0.05, 0.1) is 0 Å². The third-order valence-corrected chi connectivity index (χ3v) is 4.78. The van der Waals surface area contributed by atoms with E-state index in [0.717, 1.165) is 0 Å². The number of hydrogen-bond donors (Lipinski definition) is 1. The average molecular weight is 208 g/mol. The second kappa shape index (κ2) is 4.29. The lowest BCUT2D eigenvalue weighted by Gasteiger charge is -2.48.